The molecule has 0 N–H and O–H groups in total. The van der Waals surface area contributed by atoms with Crippen LogP contribution in [0.3, 0.4) is 0 Å². The van der Waals surface area contributed by atoms with Gasteiger partial charge in [-0.05, 0) is 25.5 Å². The molecule has 0 spiro atoms. The molecule has 2 aromatic rings. The van der Waals surface area contributed by atoms with E-state index >= 15 is 0 Å². The third-order valence-electron chi connectivity index (χ3n) is 3.30. The summed E-state index contributed by atoms with van der Waals surface area (Å²) in [4.78, 5) is 23.7. The number of rotatable bonds is 2. The van der Waals surface area contributed by atoms with Crippen molar-refractivity contribution in [2.75, 3.05) is 7.11 Å². The van der Waals surface area contributed by atoms with Crippen LogP contribution in [0.25, 0.3) is 11.4 Å². The van der Waals surface area contributed by atoms with Crippen LogP contribution in [-0.4, -0.2) is 27.4 Å². The van der Waals surface area contributed by atoms with Crippen molar-refractivity contribution < 1.29 is 9.53 Å². The van der Waals surface area contributed by atoms with Crippen LogP contribution in [0.5, 0.6) is 0 Å². The topological polar surface area (TPSA) is 66.1 Å². The normalized spacial score (nSPS) is 10.7. The highest BCUT2D eigenvalue weighted by Crippen LogP contribution is 2.22. The lowest BCUT2D eigenvalue weighted by molar-refractivity contribution is 0.0588. The molecule has 0 aromatic carbocycles. The maximum Gasteiger partial charge on any atom is 0.356 e. The first-order valence-corrected chi connectivity index (χ1v) is 6.16. The molecule has 0 aliphatic carbocycles. The SMILES string of the molecule is COC(=O)c1cc(-c2c(C)cc(C)c(=O)n2C)nn1C. The predicted molar refractivity (Wildman–Crippen MR) is 74.7 cm³/mol. The number of hydrogen-bond donors (Lipinski definition) is 0. The number of nitrogens with zero attached hydrogens (tertiary/aromatic N) is 3. The quantitative estimate of drug-likeness (QED) is 0.772. The van der Waals surface area contributed by atoms with Crippen molar-refractivity contribution in [1.82, 2.24) is 14.3 Å². The van der Waals surface area contributed by atoms with Crippen LogP contribution in [0.15, 0.2) is 16.9 Å². The van der Waals surface area contributed by atoms with Gasteiger partial charge < -0.3 is 9.30 Å². The highest BCUT2D eigenvalue weighted by molar-refractivity contribution is 5.88. The Morgan fingerprint density at radius 2 is 1.85 bits per heavy atom. The summed E-state index contributed by atoms with van der Waals surface area (Å²) in [7, 11) is 4.68. The first kappa shape index (κ1) is 14.0. The summed E-state index contributed by atoms with van der Waals surface area (Å²) < 4.78 is 7.70. The van der Waals surface area contributed by atoms with E-state index in [2.05, 4.69) is 5.10 Å². The molecule has 0 radical (unpaired) electrons. The van der Waals surface area contributed by atoms with E-state index in [0.717, 1.165) is 5.56 Å². The Hall–Kier alpha value is -2.37. The number of hydrogen-bond acceptors (Lipinski definition) is 4. The van der Waals surface area contributed by atoms with Crippen molar-refractivity contribution in [2.45, 2.75) is 13.8 Å². The molecule has 2 aromatic heterocycles. The van der Waals surface area contributed by atoms with Crippen molar-refractivity contribution >= 4 is 5.97 Å². The fraction of sp³-hybridized carbons (Fsp3) is 0.357. The standard InChI is InChI=1S/C14H17N3O3/c1-8-6-9(2)13(18)16(3)12(8)10-7-11(14(19)20-5)17(4)15-10/h6-7H,1-5H3. The van der Waals surface area contributed by atoms with Gasteiger partial charge in [-0.25, -0.2) is 4.79 Å². The minimum absolute atomic E-state index is 0.0733. The van der Waals surface area contributed by atoms with Crippen molar-refractivity contribution in [1.29, 1.82) is 0 Å². The number of ether oxygens (including phenoxy) is 1. The Kier molecular flexibility index (Phi) is 3.48. The summed E-state index contributed by atoms with van der Waals surface area (Å²) in [6.45, 7) is 3.69. The van der Waals surface area contributed by atoms with E-state index in [1.54, 1.807) is 31.7 Å². The van der Waals surface area contributed by atoms with Crippen LogP contribution in [0.2, 0.25) is 0 Å². The van der Waals surface area contributed by atoms with Crippen LogP contribution in [0, 0.1) is 13.8 Å². The molecule has 6 nitrogen and oxygen atoms in total. The van der Waals surface area contributed by atoms with Crippen molar-refractivity contribution in [2.24, 2.45) is 14.1 Å². The summed E-state index contributed by atoms with van der Waals surface area (Å²) in [5, 5.41) is 4.30. The number of pyridine rings is 1. The van der Waals surface area contributed by atoms with Crippen molar-refractivity contribution in [3.63, 3.8) is 0 Å². The third kappa shape index (κ3) is 2.13. The van der Waals surface area contributed by atoms with Gasteiger partial charge in [-0.2, -0.15) is 5.10 Å². The average molecular weight is 275 g/mol. The van der Waals surface area contributed by atoms with Crippen molar-refractivity contribution in [3.05, 3.63) is 39.3 Å². The maximum absolute atomic E-state index is 12.0. The molecule has 106 valence electrons. The molecule has 6 heteroatoms. The molecule has 0 bridgehead atoms. The van der Waals surface area contributed by atoms with E-state index in [-0.39, 0.29) is 5.56 Å². The average Bonchev–Trinajstić information content (AvgIpc) is 2.77. The fourth-order valence-electron chi connectivity index (χ4n) is 2.34. The molecule has 0 fully saturated rings. The zero-order valence-electron chi connectivity index (χ0n) is 12.2. The summed E-state index contributed by atoms with van der Waals surface area (Å²) in [6, 6.07) is 3.45. The molecule has 0 atom stereocenters. The Morgan fingerprint density at radius 1 is 1.20 bits per heavy atom. The molecule has 0 aliphatic rings. The maximum atomic E-state index is 12.0. The third-order valence-corrected chi connectivity index (χ3v) is 3.30. The fourth-order valence-corrected chi connectivity index (χ4v) is 2.34. The molecule has 0 unspecified atom stereocenters. The smallest absolute Gasteiger partial charge is 0.356 e. The molecule has 0 saturated heterocycles. The molecule has 0 aliphatic heterocycles. The Morgan fingerprint density at radius 3 is 2.45 bits per heavy atom. The zero-order valence-corrected chi connectivity index (χ0v) is 12.2. The van der Waals surface area contributed by atoms with Gasteiger partial charge in [0.1, 0.15) is 11.4 Å². The molecule has 20 heavy (non-hydrogen) atoms. The van der Waals surface area contributed by atoms with Crippen LogP contribution in [0.1, 0.15) is 21.6 Å². The van der Waals surface area contributed by atoms with Crippen LogP contribution < -0.4 is 5.56 Å². The summed E-state index contributed by atoms with van der Waals surface area (Å²) in [5.74, 6) is -0.457. The van der Waals surface area contributed by atoms with Crippen LogP contribution in [-0.2, 0) is 18.8 Å². The Labute approximate surface area is 116 Å². The number of carbonyl (C=O) groups excluding carboxylic acids is 1. The number of aromatic nitrogens is 3. The van der Waals surface area contributed by atoms with Gasteiger partial charge in [0.05, 0.1) is 12.8 Å². The van der Waals surface area contributed by atoms with E-state index in [0.29, 0.717) is 22.6 Å². The van der Waals surface area contributed by atoms with Gasteiger partial charge in [0, 0.05) is 25.7 Å². The number of methoxy groups -OCH3 is 1. The number of esters is 1. The second kappa shape index (κ2) is 4.96. The predicted octanol–water partition coefficient (Wildman–Crippen LogP) is 1.19. The van der Waals surface area contributed by atoms with Gasteiger partial charge in [-0.15, -0.1) is 0 Å². The van der Waals surface area contributed by atoms with Crippen LogP contribution >= 0.6 is 0 Å². The van der Waals surface area contributed by atoms with Gasteiger partial charge in [0.25, 0.3) is 5.56 Å². The van der Waals surface area contributed by atoms with E-state index in [1.807, 2.05) is 13.0 Å². The summed E-state index contributed by atoms with van der Waals surface area (Å²) in [6.07, 6.45) is 0. The first-order valence-electron chi connectivity index (χ1n) is 6.16. The summed E-state index contributed by atoms with van der Waals surface area (Å²) in [5.41, 5.74) is 3.15. The first-order chi connectivity index (χ1) is 9.36. The molecule has 2 rings (SSSR count). The van der Waals surface area contributed by atoms with Gasteiger partial charge in [-0.1, -0.05) is 0 Å². The number of carbonyl (C=O) groups is 1. The van der Waals surface area contributed by atoms with Crippen molar-refractivity contribution in [3.8, 4) is 11.4 Å². The van der Waals surface area contributed by atoms with Gasteiger partial charge in [-0.3, -0.25) is 9.48 Å². The van der Waals surface area contributed by atoms with E-state index in [9.17, 15) is 9.59 Å². The molecule has 0 saturated carbocycles. The lowest BCUT2D eigenvalue weighted by Crippen LogP contribution is -2.21. The zero-order chi connectivity index (χ0) is 15.0. The van der Waals surface area contributed by atoms with E-state index < -0.39 is 5.97 Å². The van der Waals surface area contributed by atoms with Crippen LogP contribution in [0.4, 0.5) is 0 Å². The lowest BCUT2D eigenvalue weighted by atomic mass is 10.1. The Balaban J connectivity index is 2.67. The molecule has 2 heterocycles. The minimum atomic E-state index is -0.457. The second-order valence-corrected chi connectivity index (χ2v) is 4.75. The second-order valence-electron chi connectivity index (χ2n) is 4.75. The van der Waals surface area contributed by atoms with E-state index in [4.69, 9.17) is 4.74 Å². The van der Waals surface area contributed by atoms with Gasteiger partial charge >= 0.3 is 5.97 Å². The highest BCUT2D eigenvalue weighted by atomic mass is 16.5. The van der Waals surface area contributed by atoms with Gasteiger partial charge in [0.2, 0.25) is 0 Å². The number of aryl methyl sites for hydroxylation is 3. The Bertz CT molecular complexity index is 741. The lowest BCUT2D eigenvalue weighted by Gasteiger charge is -2.10. The molecular weight excluding hydrogens is 258 g/mol. The van der Waals surface area contributed by atoms with E-state index in [1.165, 1.54) is 11.8 Å². The highest BCUT2D eigenvalue weighted by Gasteiger charge is 2.18. The molecular formula is C14H17N3O3. The molecule has 0 amide bonds. The minimum Gasteiger partial charge on any atom is -0.464 e. The largest absolute Gasteiger partial charge is 0.464 e. The van der Waals surface area contributed by atoms with Gasteiger partial charge in [0.15, 0.2) is 0 Å². The summed E-state index contributed by atoms with van der Waals surface area (Å²) >= 11 is 0. The monoisotopic (exact) mass is 275 g/mol.